The molecule has 4 nitrogen and oxygen atoms in total. The molecule has 0 fully saturated rings. The highest BCUT2D eigenvalue weighted by atomic mass is 19.1. The molecule has 2 N–H and O–H groups in total. The monoisotopic (exact) mass is 276 g/mol. The quantitative estimate of drug-likeness (QED) is 0.899. The topological polar surface area (TPSA) is 62.2 Å². The van der Waals surface area contributed by atoms with E-state index in [9.17, 15) is 9.18 Å². The van der Waals surface area contributed by atoms with E-state index in [0.29, 0.717) is 17.4 Å². The number of rotatable bonds is 4. The summed E-state index contributed by atoms with van der Waals surface area (Å²) in [5.41, 5.74) is 0.466. The molecule has 5 heteroatoms. The van der Waals surface area contributed by atoms with E-state index in [-0.39, 0.29) is 29.4 Å². The lowest BCUT2D eigenvalue weighted by Crippen LogP contribution is -2.36. The van der Waals surface area contributed by atoms with Crippen molar-refractivity contribution in [2.24, 2.45) is 5.41 Å². The van der Waals surface area contributed by atoms with Crippen molar-refractivity contribution in [3.8, 4) is 0 Å². The largest absolute Gasteiger partial charge is 0.396 e. The fourth-order valence-electron chi connectivity index (χ4n) is 1.69. The molecule has 0 aliphatic rings. The van der Waals surface area contributed by atoms with Crippen molar-refractivity contribution in [3.05, 3.63) is 41.8 Å². The summed E-state index contributed by atoms with van der Waals surface area (Å²) in [7, 11) is 0. The number of carbonyl (C=O) groups excluding carboxylic acids is 1. The van der Waals surface area contributed by atoms with Crippen LogP contribution in [0.4, 0.5) is 4.39 Å². The number of amides is 1. The molecule has 2 aromatic rings. The van der Waals surface area contributed by atoms with Crippen LogP contribution in [0.5, 0.6) is 0 Å². The smallest absolute Gasteiger partial charge is 0.269 e. The zero-order valence-electron chi connectivity index (χ0n) is 11.5. The van der Waals surface area contributed by atoms with Crippen LogP contribution in [-0.2, 0) is 0 Å². The molecular formula is C15H17FN2O2. The minimum absolute atomic E-state index is 0.0162. The third-order valence-electron chi connectivity index (χ3n) is 3.04. The van der Waals surface area contributed by atoms with Crippen LogP contribution in [0.25, 0.3) is 10.9 Å². The van der Waals surface area contributed by atoms with E-state index in [1.54, 1.807) is 18.2 Å². The second-order valence-electron chi connectivity index (χ2n) is 5.54. The summed E-state index contributed by atoms with van der Waals surface area (Å²) in [4.78, 5) is 16.2. The molecule has 20 heavy (non-hydrogen) atoms. The number of hydrogen-bond acceptors (Lipinski definition) is 3. The van der Waals surface area contributed by atoms with E-state index >= 15 is 0 Å². The average Bonchev–Trinajstić information content (AvgIpc) is 2.44. The van der Waals surface area contributed by atoms with Crippen molar-refractivity contribution in [1.29, 1.82) is 0 Å². The van der Waals surface area contributed by atoms with Crippen LogP contribution in [0.15, 0.2) is 30.3 Å². The normalized spacial score (nSPS) is 11.6. The third-order valence-corrected chi connectivity index (χ3v) is 3.04. The number of hydrogen-bond donors (Lipinski definition) is 2. The van der Waals surface area contributed by atoms with Gasteiger partial charge in [-0.25, -0.2) is 9.37 Å². The van der Waals surface area contributed by atoms with Crippen molar-refractivity contribution in [1.82, 2.24) is 10.3 Å². The van der Waals surface area contributed by atoms with Crippen LogP contribution in [-0.4, -0.2) is 29.1 Å². The van der Waals surface area contributed by atoms with Crippen molar-refractivity contribution >= 4 is 16.8 Å². The molecule has 0 aliphatic carbocycles. The Morgan fingerprint density at radius 2 is 2.10 bits per heavy atom. The summed E-state index contributed by atoms with van der Waals surface area (Å²) >= 11 is 0. The minimum atomic E-state index is -0.379. The number of fused-ring (bicyclic) bond motifs is 1. The molecule has 1 aromatic carbocycles. The number of nitrogens with one attached hydrogen (secondary N) is 1. The summed E-state index contributed by atoms with van der Waals surface area (Å²) in [6, 6.07) is 7.45. The van der Waals surface area contributed by atoms with Crippen LogP contribution >= 0.6 is 0 Å². The Morgan fingerprint density at radius 1 is 1.35 bits per heavy atom. The molecule has 0 saturated heterocycles. The second kappa shape index (κ2) is 5.54. The molecule has 0 spiro atoms. The van der Waals surface area contributed by atoms with Crippen LogP contribution in [0, 0.1) is 11.2 Å². The number of halogens is 1. The number of benzene rings is 1. The standard InChI is InChI=1S/C15H17FN2O2/c1-15(2,9-19)8-17-14(20)13-5-3-10-7-11(16)4-6-12(10)18-13/h3-7,19H,8-9H2,1-2H3,(H,17,20). The summed E-state index contributed by atoms with van der Waals surface area (Å²) in [6.07, 6.45) is 0. The van der Waals surface area contributed by atoms with Gasteiger partial charge in [-0.05, 0) is 24.3 Å². The first-order chi connectivity index (χ1) is 9.41. The first-order valence-electron chi connectivity index (χ1n) is 6.37. The fourth-order valence-corrected chi connectivity index (χ4v) is 1.69. The number of pyridine rings is 1. The fraction of sp³-hybridized carbons (Fsp3) is 0.333. The van der Waals surface area contributed by atoms with Crippen LogP contribution in [0.2, 0.25) is 0 Å². The van der Waals surface area contributed by atoms with Crippen molar-refractivity contribution in [2.45, 2.75) is 13.8 Å². The lowest BCUT2D eigenvalue weighted by Gasteiger charge is -2.21. The van der Waals surface area contributed by atoms with E-state index in [4.69, 9.17) is 5.11 Å². The van der Waals surface area contributed by atoms with Crippen molar-refractivity contribution in [2.75, 3.05) is 13.2 Å². The number of carbonyl (C=O) groups is 1. The maximum atomic E-state index is 13.1. The first-order valence-corrected chi connectivity index (χ1v) is 6.37. The molecule has 0 atom stereocenters. The highest BCUT2D eigenvalue weighted by Gasteiger charge is 2.18. The van der Waals surface area contributed by atoms with Gasteiger partial charge in [0.15, 0.2) is 0 Å². The average molecular weight is 276 g/mol. The number of aliphatic hydroxyl groups excluding tert-OH is 1. The molecule has 106 valence electrons. The molecule has 0 bridgehead atoms. The Bertz CT molecular complexity index is 641. The van der Waals surface area contributed by atoms with Crippen LogP contribution in [0.1, 0.15) is 24.3 Å². The zero-order valence-corrected chi connectivity index (χ0v) is 11.5. The van der Waals surface area contributed by atoms with Gasteiger partial charge in [0.1, 0.15) is 11.5 Å². The lowest BCUT2D eigenvalue weighted by molar-refractivity contribution is 0.0906. The Hall–Kier alpha value is -2.01. The molecule has 0 saturated carbocycles. The second-order valence-corrected chi connectivity index (χ2v) is 5.54. The molecular weight excluding hydrogens is 259 g/mol. The Labute approximate surface area is 116 Å². The maximum absolute atomic E-state index is 13.1. The highest BCUT2D eigenvalue weighted by molar-refractivity contribution is 5.94. The zero-order chi connectivity index (χ0) is 14.8. The first kappa shape index (κ1) is 14.4. The van der Waals surface area contributed by atoms with E-state index in [0.717, 1.165) is 0 Å². The predicted octanol–water partition coefficient (Wildman–Crippen LogP) is 2.12. The van der Waals surface area contributed by atoms with Gasteiger partial charge in [-0.15, -0.1) is 0 Å². The number of aliphatic hydroxyl groups is 1. The van der Waals surface area contributed by atoms with Crippen molar-refractivity contribution < 1.29 is 14.3 Å². The molecule has 0 radical (unpaired) electrons. The molecule has 1 aromatic heterocycles. The summed E-state index contributed by atoms with van der Waals surface area (Å²) in [5.74, 6) is -0.640. The van der Waals surface area contributed by atoms with E-state index in [1.807, 2.05) is 13.8 Å². The molecule has 0 aliphatic heterocycles. The van der Waals surface area contributed by atoms with Crippen LogP contribution < -0.4 is 5.32 Å². The Kier molecular flexibility index (Phi) is 3.99. The van der Waals surface area contributed by atoms with E-state index in [2.05, 4.69) is 10.3 Å². The van der Waals surface area contributed by atoms with Gasteiger partial charge in [0.05, 0.1) is 5.52 Å². The van der Waals surface area contributed by atoms with Gasteiger partial charge in [-0.1, -0.05) is 19.9 Å². The SMILES string of the molecule is CC(C)(CO)CNC(=O)c1ccc2cc(F)ccc2n1. The van der Waals surface area contributed by atoms with Gasteiger partial charge >= 0.3 is 0 Å². The predicted molar refractivity (Wildman–Crippen MR) is 74.9 cm³/mol. The summed E-state index contributed by atoms with van der Waals surface area (Å²) in [6.45, 7) is 4.04. The molecule has 0 unspecified atom stereocenters. The van der Waals surface area contributed by atoms with Crippen molar-refractivity contribution in [3.63, 3.8) is 0 Å². The molecule has 2 rings (SSSR count). The third kappa shape index (κ3) is 3.30. The number of nitrogens with zero attached hydrogens (tertiary/aromatic N) is 1. The van der Waals surface area contributed by atoms with E-state index in [1.165, 1.54) is 12.1 Å². The molecule has 1 heterocycles. The summed E-state index contributed by atoms with van der Waals surface area (Å²) < 4.78 is 13.1. The van der Waals surface area contributed by atoms with Gasteiger partial charge in [0.25, 0.3) is 5.91 Å². The summed E-state index contributed by atoms with van der Waals surface area (Å²) in [5, 5.41) is 12.5. The van der Waals surface area contributed by atoms with Gasteiger partial charge in [0.2, 0.25) is 0 Å². The van der Waals surface area contributed by atoms with Gasteiger partial charge in [-0.2, -0.15) is 0 Å². The Balaban J connectivity index is 2.16. The van der Waals surface area contributed by atoms with E-state index < -0.39 is 0 Å². The van der Waals surface area contributed by atoms with Gasteiger partial charge < -0.3 is 10.4 Å². The van der Waals surface area contributed by atoms with Crippen LogP contribution in [0.3, 0.4) is 0 Å². The highest BCUT2D eigenvalue weighted by Crippen LogP contribution is 2.15. The minimum Gasteiger partial charge on any atom is -0.396 e. The Morgan fingerprint density at radius 3 is 2.80 bits per heavy atom. The maximum Gasteiger partial charge on any atom is 0.269 e. The number of aromatic nitrogens is 1. The molecule has 1 amide bonds. The lowest BCUT2D eigenvalue weighted by atomic mass is 9.95. The van der Waals surface area contributed by atoms with Gasteiger partial charge in [-0.3, -0.25) is 4.79 Å². The van der Waals surface area contributed by atoms with Gasteiger partial charge in [0, 0.05) is 24.0 Å².